The van der Waals surface area contributed by atoms with Crippen LogP contribution in [0.1, 0.15) is 53.9 Å². The molecule has 0 heterocycles. The molecule has 0 aromatic heterocycles. The molecule has 0 aromatic rings. The second-order valence-corrected chi connectivity index (χ2v) is 7.39. The summed E-state index contributed by atoms with van der Waals surface area (Å²) >= 11 is 0. The third-order valence-electron chi connectivity index (χ3n) is 3.26. The predicted octanol–water partition coefficient (Wildman–Crippen LogP) is 3.69. The highest BCUT2D eigenvalue weighted by Crippen LogP contribution is 2.21. The molecule has 146 valence electrons. The van der Waals surface area contributed by atoms with Gasteiger partial charge in [-0.2, -0.15) is 0 Å². The molecule has 0 aliphatic rings. The van der Waals surface area contributed by atoms with E-state index >= 15 is 0 Å². The largest absolute Gasteiger partial charge is 0.379 e. The Bertz CT molecular complexity index is 251. The average Bonchev–Trinajstić information content (AvgIpc) is 2.49. The Kier molecular flexibility index (Phi) is 16.1. The normalized spacial score (nSPS) is 12.2. The molecule has 0 aliphatic heterocycles. The Hall–Kier alpha value is -0.200. The van der Waals surface area contributed by atoms with Crippen molar-refractivity contribution in [1.82, 2.24) is 0 Å². The number of hydrogen-bond acceptors (Lipinski definition) is 5. The fraction of sp³-hybridized carbons (Fsp3) is 1.00. The zero-order valence-electron chi connectivity index (χ0n) is 16.6. The van der Waals surface area contributed by atoms with Crippen molar-refractivity contribution >= 4 is 0 Å². The molecule has 0 unspecified atom stereocenters. The second kappa shape index (κ2) is 16.3. The summed E-state index contributed by atoms with van der Waals surface area (Å²) in [4.78, 5) is 0. The Morgan fingerprint density at radius 2 is 1.00 bits per heavy atom. The van der Waals surface area contributed by atoms with Crippen molar-refractivity contribution in [3.05, 3.63) is 0 Å². The maximum absolute atomic E-state index is 5.55. The van der Waals surface area contributed by atoms with Gasteiger partial charge in [-0.25, -0.2) is 0 Å². The van der Waals surface area contributed by atoms with E-state index in [0.29, 0.717) is 58.3 Å². The van der Waals surface area contributed by atoms with Crippen molar-refractivity contribution in [3.8, 4) is 0 Å². The smallest absolute Gasteiger partial charge is 0.0703 e. The Labute approximate surface area is 149 Å². The first-order valence-electron chi connectivity index (χ1n) is 9.34. The maximum atomic E-state index is 5.55. The molecule has 24 heavy (non-hydrogen) atoms. The van der Waals surface area contributed by atoms with Gasteiger partial charge in [-0.15, -0.1) is 0 Å². The second-order valence-electron chi connectivity index (χ2n) is 7.39. The van der Waals surface area contributed by atoms with E-state index in [2.05, 4.69) is 20.8 Å². The fourth-order valence-corrected chi connectivity index (χ4v) is 1.96. The zero-order chi connectivity index (χ0) is 18.1. The predicted molar refractivity (Wildman–Crippen MR) is 97.7 cm³/mol. The van der Waals surface area contributed by atoms with Gasteiger partial charge in [0.1, 0.15) is 0 Å². The summed E-state index contributed by atoms with van der Waals surface area (Å²) < 4.78 is 27.2. The lowest BCUT2D eigenvalue weighted by molar-refractivity contribution is -0.0177. The lowest BCUT2D eigenvalue weighted by atomic mass is 9.90. The molecule has 0 fully saturated rings. The van der Waals surface area contributed by atoms with Crippen molar-refractivity contribution in [2.45, 2.75) is 60.0 Å². The molecular formula is C19H40O5. The summed E-state index contributed by atoms with van der Waals surface area (Å²) in [6.07, 6.45) is 3.86. The van der Waals surface area contributed by atoms with E-state index in [0.717, 1.165) is 13.0 Å². The Morgan fingerprint density at radius 1 is 0.583 bits per heavy atom. The standard InChI is InChI=1S/C19H40O5/c1-18(2)24-17-16-23-15-14-22-13-12-21-11-10-20-9-7-6-8-19(3,4)5/h18H,6-17H2,1-5H3. The third kappa shape index (κ3) is 21.8. The first-order valence-corrected chi connectivity index (χ1v) is 9.34. The van der Waals surface area contributed by atoms with Crippen LogP contribution >= 0.6 is 0 Å². The van der Waals surface area contributed by atoms with Crippen LogP contribution in [0.4, 0.5) is 0 Å². The van der Waals surface area contributed by atoms with Crippen LogP contribution in [0.15, 0.2) is 0 Å². The first kappa shape index (κ1) is 23.8. The summed E-state index contributed by atoms with van der Waals surface area (Å²) in [6, 6.07) is 0. The molecule has 0 bridgehead atoms. The van der Waals surface area contributed by atoms with Crippen LogP contribution in [0.25, 0.3) is 0 Å². The zero-order valence-corrected chi connectivity index (χ0v) is 16.6. The van der Waals surface area contributed by atoms with Crippen molar-refractivity contribution in [2.75, 3.05) is 59.5 Å². The minimum atomic E-state index is 0.259. The van der Waals surface area contributed by atoms with E-state index in [1.54, 1.807) is 0 Å². The maximum Gasteiger partial charge on any atom is 0.0703 e. The van der Waals surface area contributed by atoms with E-state index in [1.807, 2.05) is 13.8 Å². The molecule has 0 N–H and O–H groups in total. The lowest BCUT2D eigenvalue weighted by Gasteiger charge is -2.17. The number of hydrogen-bond donors (Lipinski definition) is 0. The van der Waals surface area contributed by atoms with Crippen molar-refractivity contribution in [3.63, 3.8) is 0 Å². The van der Waals surface area contributed by atoms with E-state index in [-0.39, 0.29) is 6.10 Å². The molecule has 0 saturated carbocycles. The third-order valence-corrected chi connectivity index (χ3v) is 3.26. The van der Waals surface area contributed by atoms with Gasteiger partial charge >= 0.3 is 0 Å². The van der Waals surface area contributed by atoms with Gasteiger partial charge in [0.05, 0.1) is 59.0 Å². The van der Waals surface area contributed by atoms with Crippen LogP contribution in [-0.4, -0.2) is 65.6 Å². The SMILES string of the molecule is CC(C)OCCOCCOCCOCCOCCCCC(C)(C)C. The molecule has 5 heteroatoms. The van der Waals surface area contributed by atoms with Crippen LogP contribution < -0.4 is 0 Å². The van der Waals surface area contributed by atoms with Gasteiger partial charge in [-0.3, -0.25) is 0 Å². The Balaban J connectivity index is 3.03. The molecular weight excluding hydrogens is 308 g/mol. The van der Waals surface area contributed by atoms with Gasteiger partial charge in [0, 0.05) is 6.61 Å². The summed E-state index contributed by atoms with van der Waals surface area (Å²) in [6.45, 7) is 16.6. The average molecular weight is 349 g/mol. The highest BCUT2D eigenvalue weighted by atomic mass is 16.6. The van der Waals surface area contributed by atoms with Gasteiger partial charge in [0.2, 0.25) is 0 Å². The molecule has 0 aliphatic carbocycles. The molecule has 0 saturated heterocycles. The van der Waals surface area contributed by atoms with Crippen LogP contribution in [-0.2, 0) is 23.7 Å². The number of rotatable bonds is 17. The van der Waals surface area contributed by atoms with Gasteiger partial charge in [-0.1, -0.05) is 27.2 Å². The highest BCUT2D eigenvalue weighted by Gasteiger charge is 2.08. The van der Waals surface area contributed by atoms with Crippen LogP contribution in [0.5, 0.6) is 0 Å². The molecule has 0 aromatic carbocycles. The van der Waals surface area contributed by atoms with Crippen molar-refractivity contribution < 1.29 is 23.7 Å². The molecule has 0 spiro atoms. The molecule has 0 atom stereocenters. The fourth-order valence-electron chi connectivity index (χ4n) is 1.96. The van der Waals surface area contributed by atoms with Gasteiger partial charge in [-0.05, 0) is 32.1 Å². The summed E-state index contributed by atoms with van der Waals surface area (Å²) in [7, 11) is 0. The van der Waals surface area contributed by atoms with Gasteiger partial charge < -0.3 is 23.7 Å². The summed E-state index contributed by atoms with van der Waals surface area (Å²) in [5.41, 5.74) is 0.427. The van der Waals surface area contributed by atoms with E-state index in [1.165, 1.54) is 12.8 Å². The Morgan fingerprint density at radius 3 is 1.42 bits per heavy atom. The first-order chi connectivity index (χ1) is 11.4. The minimum Gasteiger partial charge on any atom is -0.379 e. The summed E-state index contributed by atoms with van der Waals surface area (Å²) in [5.74, 6) is 0. The van der Waals surface area contributed by atoms with Crippen LogP contribution in [0.3, 0.4) is 0 Å². The topological polar surface area (TPSA) is 46.2 Å². The highest BCUT2D eigenvalue weighted by molar-refractivity contribution is 4.60. The van der Waals surface area contributed by atoms with Crippen LogP contribution in [0, 0.1) is 5.41 Å². The molecule has 0 amide bonds. The van der Waals surface area contributed by atoms with Crippen molar-refractivity contribution in [1.29, 1.82) is 0 Å². The van der Waals surface area contributed by atoms with Crippen LogP contribution in [0.2, 0.25) is 0 Å². The molecule has 0 radical (unpaired) electrons. The van der Waals surface area contributed by atoms with E-state index < -0.39 is 0 Å². The van der Waals surface area contributed by atoms with E-state index in [4.69, 9.17) is 23.7 Å². The quantitative estimate of drug-likeness (QED) is 0.375. The number of unbranched alkanes of at least 4 members (excludes halogenated alkanes) is 1. The molecule has 5 nitrogen and oxygen atoms in total. The summed E-state index contributed by atoms with van der Waals surface area (Å²) in [5, 5.41) is 0. The van der Waals surface area contributed by atoms with E-state index in [9.17, 15) is 0 Å². The van der Waals surface area contributed by atoms with Crippen molar-refractivity contribution in [2.24, 2.45) is 5.41 Å². The lowest BCUT2D eigenvalue weighted by Crippen LogP contribution is -2.14. The minimum absolute atomic E-state index is 0.259. The molecule has 0 rings (SSSR count). The van der Waals surface area contributed by atoms with Gasteiger partial charge in [0.15, 0.2) is 0 Å². The monoisotopic (exact) mass is 348 g/mol. The number of ether oxygens (including phenoxy) is 5. The van der Waals surface area contributed by atoms with Gasteiger partial charge in [0.25, 0.3) is 0 Å².